The average molecular weight is 493 g/mol. The van der Waals surface area contributed by atoms with Gasteiger partial charge in [-0.3, -0.25) is 4.79 Å². The Balaban J connectivity index is 1.32. The maximum Gasteiger partial charge on any atom is 0.236 e. The third-order valence-corrected chi connectivity index (χ3v) is 7.79. The number of carbonyl (C=O) groups excluding carboxylic acids is 1. The summed E-state index contributed by atoms with van der Waals surface area (Å²) >= 11 is 0. The van der Waals surface area contributed by atoms with E-state index in [1.165, 1.54) is 9.71 Å². The lowest BCUT2D eigenvalue weighted by Gasteiger charge is -2.29. The van der Waals surface area contributed by atoms with Crippen LogP contribution in [0.15, 0.2) is 72.4 Å². The molecular weight excluding hydrogens is 460 g/mol. The summed E-state index contributed by atoms with van der Waals surface area (Å²) < 4.78 is 29.0. The molecule has 4 rings (SSSR count). The first-order valence-corrected chi connectivity index (χ1v) is 13.5. The molecule has 7 nitrogen and oxygen atoms in total. The van der Waals surface area contributed by atoms with E-state index < -0.39 is 10.0 Å². The van der Waals surface area contributed by atoms with Crippen LogP contribution in [0.25, 0.3) is 6.08 Å². The average Bonchev–Trinajstić information content (AvgIpc) is 3.32. The Labute approximate surface area is 207 Å². The van der Waals surface area contributed by atoms with Crippen molar-refractivity contribution >= 4 is 27.7 Å². The molecule has 1 aromatic heterocycles. The molecule has 0 aliphatic carbocycles. The van der Waals surface area contributed by atoms with Gasteiger partial charge in [0.15, 0.2) is 0 Å². The summed E-state index contributed by atoms with van der Waals surface area (Å²) in [4.78, 5) is 17.3. The molecule has 1 aliphatic heterocycles. The van der Waals surface area contributed by atoms with Gasteiger partial charge in [0.2, 0.25) is 15.9 Å². The van der Waals surface area contributed by atoms with Crippen molar-refractivity contribution < 1.29 is 13.2 Å². The minimum Gasteiger partial charge on any atom is -0.330 e. The predicted octanol–water partition coefficient (Wildman–Crippen LogP) is 4.71. The lowest BCUT2D eigenvalue weighted by Crippen LogP contribution is -2.40. The second kappa shape index (κ2) is 11.0. The summed E-state index contributed by atoms with van der Waals surface area (Å²) in [5, 5.41) is 4.27. The number of imidazole rings is 1. The first-order valence-electron chi connectivity index (χ1n) is 12.0. The predicted molar refractivity (Wildman–Crippen MR) is 139 cm³/mol. The van der Waals surface area contributed by atoms with E-state index in [1.54, 1.807) is 6.08 Å². The number of hydrogen-bond acceptors (Lipinski definition) is 4. The number of nitrogens with one attached hydrogen (secondary N) is 1. The van der Waals surface area contributed by atoms with E-state index in [-0.39, 0.29) is 11.8 Å². The van der Waals surface area contributed by atoms with Crippen molar-refractivity contribution in [1.82, 2.24) is 13.9 Å². The van der Waals surface area contributed by atoms with Crippen LogP contribution >= 0.6 is 0 Å². The molecule has 8 heteroatoms. The quantitative estimate of drug-likeness (QED) is 0.494. The van der Waals surface area contributed by atoms with Gasteiger partial charge in [-0.25, -0.2) is 13.4 Å². The van der Waals surface area contributed by atoms with Gasteiger partial charge in [0, 0.05) is 55.0 Å². The third-order valence-electron chi connectivity index (χ3n) is 6.23. The van der Waals surface area contributed by atoms with Gasteiger partial charge in [-0.1, -0.05) is 56.3 Å². The van der Waals surface area contributed by atoms with Crippen LogP contribution in [0.2, 0.25) is 0 Å². The van der Waals surface area contributed by atoms with Crippen molar-refractivity contribution in [1.29, 1.82) is 0 Å². The van der Waals surface area contributed by atoms with Gasteiger partial charge in [-0.15, -0.1) is 0 Å². The molecule has 0 radical (unpaired) electrons. The third kappa shape index (κ3) is 6.46. The van der Waals surface area contributed by atoms with Crippen molar-refractivity contribution in [3.63, 3.8) is 0 Å². The lowest BCUT2D eigenvalue weighted by molar-refractivity contribution is -0.120. The van der Waals surface area contributed by atoms with Crippen molar-refractivity contribution in [3.8, 4) is 0 Å². The van der Waals surface area contributed by atoms with Crippen LogP contribution in [0.5, 0.6) is 0 Å². The molecule has 0 spiro atoms. The van der Waals surface area contributed by atoms with Gasteiger partial charge in [-0.2, -0.15) is 4.31 Å². The second-order valence-corrected chi connectivity index (χ2v) is 11.0. The summed E-state index contributed by atoms with van der Waals surface area (Å²) in [7, 11) is -3.52. The highest BCUT2D eigenvalue weighted by atomic mass is 32.2. The largest absolute Gasteiger partial charge is 0.330 e. The summed E-state index contributed by atoms with van der Waals surface area (Å²) in [6.07, 6.45) is 6.38. The Bertz CT molecular complexity index is 1270. The number of anilines is 1. The summed E-state index contributed by atoms with van der Waals surface area (Å²) in [6.45, 7) is 5.58. The monoisotopic (exact) mass is 492 g/mol. The fourth-order valence-electron chi connectivity index (χ4n) is 4.33. The maximum atomic E-state index is 12.9. The SMILES string of the molecule is CC(C)c1nccn1Cc1cccc(NC(=O)C2CCN(S(=O)(=O)/C=C/c3ccccc3)CC2)c1. The number of benzene rings is 2. The van der Waals surface area contributed by atoms with Crippen molar-refractivity contribution in [3.05, 3.63) is 89.4 Å². The Morgan fingerprint density at radius 2 is 1.86 bits per heavy atom. The van der Waals surface area contributed by atoms with Crippen LogP contribution in [-0.4, -0.2) is 41.3 Å². The molecular formula is C27H32N4O3S. The molecule has 0 atom stereocenters. The Hall–Kier alpha value is -3.23. The number of carbonyl (C=O) groups is 1. The minimum atomic E-state index is -3.52. The molecule has 1 saturated heterocycles. The Morgan fingerprint density at radius 1 is 1.11 bits per heavy atom. The molecule has 3 aromatic rings. The zero-order chi connectivity index (χ0) is 24.8. The zero-order valence-electron chi connectivity index (χ0n) is 20.2. The molecule has 0 bridgehead atoms. The first kappa shape index (κ1) is 24.9. The highest BCUT2D eigenvalue weighted by molar-refractivity contribution is 7.92. The smallest absolute Gasteiger partial charge is 0.236 e. The highest BCUT2D eigenvalue weighted by Gasteiger charge is 2.30. The summed E-state index contributed by atoms with van der Waals surface area (Å²) in [5.74, 6) is 1.07. The summed E-state index contributed by atoms with van der Waals surface area (Å²) in [5.41, 5.74) is 2.66. The second-order valence-electron chi connectivity index (χ2n) is 9.19. The van der Waals surface area contributed by atoms with Gasteiger partial charge < -0.3 is 9.88 Å². The topological polar surface area (TPSA) is 84.3 Å². The van der Waals surface area contributed by atoms with E-state index in [1.807, 2.05) is 67.0 Å². The molecule has 0 unspecified atom stereocenters. The van der Waals surface area contributed by atoms with Crippen molar-refractivity contribution in [2.24, 2.45) is 5.92 Å². The Morgan fingerprint density at radius 3 is 2.57 bits per heavy atom. The fourth-order valence-corrected chi connectivity index (χ4v) is 5.55. The van der Waals surface area contributed by atoms with Crippen LogP contribution in [0, 0.1) is 5.92 Å². The molecule has 2 heterocycles. The number of sulfonamides is 1. The number of nitrogens with zero attached hydrogens (tertiary/aromatic N) is 3. The van der Waals surface area contributed by atoms with E-state index >= 15 is 0 Å². The van der Waals surface area contributed by atoms with Gasteiger partial charge >= 0.3 is 0 Å². The molecule has 0 saturated carbocycles. The van der Waals surface area contributed by atoms with Crippen LogP contribution in [0.1, 0.15) is 49.6 Å². The number of piperidine rings is 1. The van der Waals surface area contributed by atoms with Crippen molar-refractivity contribution in [2.45, 2.75) is 39.2 Å². The van der Waals surface area contributed by atoms with E-state index in [0.717, 1.165) is 22.6 Å². The minimum absolute atomic E-state index is 0.0653. The van der Waals surface area contributed by atoms with Gasteiger partial charge in [-0.05, 0) is 42.2 Å². The van der Waals surface area contributed by atoms with E-state index in [9.17, 15) is 13.2 Å². The lowest BCUT2D eigenvalue weighted by atomic mass is 9.97. The number of amides is 1. The van der Waals surface area contributed by atoms with Crippen LogP contribution in [0.4, 0.5) is 5.69 Å². The molecule has 184 valence electrons. The van der Waals surface area contributed by atoms with Crippen LogP contribution < -0.4 is 5.32 Å². The summed E-state index contributed by atoms with van der Waals surface area (Å²) in [6, 6.07) is 17.2. The highest BCUT2D eigenvalue weighted by Crippen LogP contribution is 2.23. The molecule has 1 aliphatic rings. The Kier molecular flexibility index (Phi) is 7.83. The van der Waals surface area contributed by atoms with E-state index in [4.69, 9.17) is 0 Å². The van der Waals surface area contributed by atoms with E-state index in [2.05, 4.69) is 28.7 Å². The number of hydrogen-bond donors (Lipinski definition) is 1. The van der Waals surface area contributed by atoms with E-state index in [0.29, 0.717) is 38.4 Å². The molecule has 35 heavy (non-hydrogen) atoms. The first-order chi connectivity index (χ1) is 16.8. The fraction of sp³-hybridized carbons (Fsp3) is 0.333. The maximum absolute atomic E-state index is 12.9. The molecule has 1 amide bonds. The molecule has 1 fully saturated rings. The number of rotatable bonds is 8. The molecule has 2 aromatic carbocycles. The standard InChI is InChI=1S/C27H32N4O3S/c1-21(2)26-28-14-17-30(26)20-23-9-6-10-25(19-23)29-27(32)24-11-15-31(16-12-24)35(33,34)18-13-22-7-4-3-5-8-22/h3-10,13-14,17-19,21,24H,11-12,15-16,20H2,1-2H3,(H,29,32)/b18-13+. The van der Waals surface area contributed by atoms with Crippen LogP contribution in [0.3, 0.4) is 0 Å². The zero-order valence-corrected chi connectivity index (χ0v) is 21.0. The van der Waals surface area contributed by atoms with Gasteiger partial charge in [0.1, 0.15) is 5.82 Å². The van der Waals surface area contributed by atoms with Gasteiger partial charge in [0.25, 0.3) is 0 Å². The number of aromatic nitrogens is 2. The van der Waals surface area contributed by atoms with Crippen molar-refractivity contribution in [2.75, 3.05) is 18.4 Å². The molecule has 1 N–H and O–H groups in total. The van der Waals surface area contributed by atoms with Crippen LogP contribution in [-0.2, 0) is 21.4 Å². The normalized spacial score (nSPS) is 15.6. The van der Waals surface area contributed by atoms with Gasteiger partial charge in [0.05, 0.1) is 0 Å².